The maximum absolute atomic E-state index is 9.80. The number of benzene rings is 1. The second-order valence-electron chi connectivity index (χ2n) is 5.81. The first kappa shape index (κ1) is 14.4. The lowest BCUT2D eigenvalue weighted by molar-refractivity contribution is 0.173. The summed E-state index contributed by atoms with van der Waals surface area (Å²) in [5.41, 5.74) is 2.25. The van der Waals surface area contributed by atoms with E-state index in [1.54, 1.807) is 0 Å². The van der Waals surface area contributed by atoms with E-state index in [1.165, 1.54) is 25.2 Å². The van der Waals surface area contributed by atoms with Gasteiger partial charge < -0.3 is 14.9 Å². The molecule has 0 radical (unpaired) electrons. The van der Waals surface area contributed by atoms with Crippen LogP contribution in [0.3, 0.4) is 0 Å². The third-order valence-corrected chi connectivity index (χ3v) is 4.13. The molecule has 0 bridgehead atoms. The average molecular weight is 262 g/mol. The number of hydrogen-bond donors (Lipinski definition) is 1. The van der Waals surface area contributed by atoms with Crippen molar-refractivity contribution in [3.05, 3.63) is 29.8 Å². The monoisotopic (exact) mass is 262 g/mol. The van der Waals surface area contributed by atoms with E-state index in [0.717, 1.165) is 24.4 Å². The van der Waals surface area contributed by atoms with Crippen molar-refractivity contribution >= 4 is 5.69 Å². The SMILES string of the molecule is CC[C@H](O)c1ccc(N(C)CC2CCN(C)C2)cc1. The van der Waals surface area contributed by atoms with Gasteiger partial charge in [-0.15, -0.1) is 0 Å². The van der Waals surface area contributed by atoms with Crippen molar-refractivity contribution in [2.45, 2.75) is 25.9 Å². The third kappa shape index (κ3) is 3.71. The van der Waals surface area contributed by atoms with Gasteiger partial charge in [-0.25, -0.2) is 0 Å². The summed E-state index contributed by atoms with van der Waals surface area (Å²) in [7, 11) is 4.35. The number of hydrogen-bond acceptors (Lipinski definition) is 3. The highest BCUT2D eigenvalue weighted by Crippen LogP contribution is 2.22. The minimum Gasteiger partial charge on any atom is -0.388 e. The molecule has 19 heavy (non-hydrogen) atoms. The molecule has 1 saturated heterocycles. The van der Waals surface area contributed by atoms with Crippen molar-refractivity contribution in [3.8, 4) is 0 Å². The third-order valence-electron chi connectivity index (χ3n) is 4.13. The molecule has 1 aromatic carbocycles. The molecule has 3 nitrogen and oxygen atoms in total. The lowest BCUT2D eigenvalue weighted by Crippen LogP contribution is -2.27. The van der Waals surface area contributed by atoms with E-state index in [-0.39, 0.29) is 6.10 Å². The summed E-state index contributed by atoms with van der Waals surface area (Å²) < 4.78 is 0. The Morgan fingerprint density at radius 3 is 2.58 bits per heavy atom. The van der Waals surface area contributed by atoms with Crippen LogP contribution in [0.2, 0.25) is 0 Å². The fourth-order valence-corrected chi connectivity index (χ4v) is 2.85. The number of likely N-dealkylation sites (tertiary alicyclic amines) is 1. The van der Waals surface area contributed by atoms with Crippen LogP contribution < -0.4 is 4.90 Å². The Hall–Kier alpha value is -1.06. The second kappa shape index (κ2) is 6.40. The van der Waals surface area contributed by atoms with Crippen molar-refractivity contribution < 1.29 is 5.11 Å². The van der Waals surface area contributed by atoms with E-state index in [1.807, 2.05) is 19.1 Å². The minimum absolute atomic E-state index is 0.331. The van der Waals surface area contributed by atoms with Gasteiger partial charge in [0.15, 0.2) is 0 Å². The first-order chi connectivity index (χ1) is 9.10. The topological polar surface area (TPSA) is 26.7 Å². The summed E-state index contributed by atoms with van der Waals surface area (Å²) in [5, 5.41) is 9.80. The Bertz CT molecular complexity index is 390. The van der Waals surface area contributed by atoms with Crippen LogP contribution in [0.5, 0.6) is 0 Å². The summed E-state index contributed by atoms with van der Waals surface area (Å²) in [4.78, 5) is 4.73. The molecule has 1 aliphatic rings. The molecule has 0 aliphatic carbocycles. The maximum Gasteiger partial charge on any atom is 0.0787 e. The van der Waals surface area contributed by atoms with Crippen LogP contribution >= 0.6 is 0 Å². The smallest absolute Gasteiger partial charge is 0.0787 e. The molecule has 2 rings (SSSR count). The Morgan fingerprint density at radius 1 is 1.37 bits per heavy atom. The zero-order chi connectivity index (χ0) is 13.8. The van der Waals surface area contributed by atoms with Gasteiger partial charge in [0, 0.05) is 25.8 Å². The average Bonchev–Trinajstić information content (AvgIpc) is 2.83. The van der Waals surface area contributed by atoms with Gasteiger partial charge in [-0.05, 0) is 50.0 Å². The van der Waals surface area contributed by atoms with Crippen molar-refractivity contribution in [1.82, 2.24) is 4.90 Å². The van der Waals surface area contributed by atoms with Gasteiger partial charge in [-0.2, -0.15) is 0 Å². The molecule has 106 valence electrons. The zero-order valence-corrected chi connectivity index (χ0v) is 12.3. The predicted molar refractivity (Wildman–Crippen MR) is 80.6 cm³/mol. The Balaban J connectivity index is 1.93. The van der Waals surface area contributed by atoms with Crippen molar-refractivity contribution in [2.24, 2.45) is 5.92 Å². The first-order valence-corrected chi connectivity index (χ1v) is 7.28. The number of aliphatic hydroxyl groups excluding tert-OH is 1. The Labute approximate surface area is 116 Å². The molecule has 1 heterocycles. The van der Waals surface area contributed by atoms with E-state index in [2.05, 4.69) is 36.0 Å². The highest BCUT2D eigenvalue weighted by atomic mass is 16.3. The molecule has 2 atom stereocenters. The Kier molecular flexibility index (Phi) is 4.83. The summed E-state index contributed by atoms with van der Waals surface area (Å²) in [5.74, 6) is 0.774. The number of aliphatic hydroxyl groups is 1. The van der Waals surface area contributed by atoms with Gasteiger partial charge in [0.25, 0.3) is 0 Å². The van der Waals surface area contributed by atoms with E-state index in [9.17, 15) is 5.11 Å². The minimum atomic E-state index is -0.331. The van der Waals surface area contributed by atoms with E-state index in [4.69, 9.17) is 0 Å². The molecule has 1 fully saturated rings. The molecule has 0 aromatic heterocycles. The number of rotatable bonds is 5. The fraction of sp³-hybridized carbons (Fsp3) is 0.625. The van der Waals surface area contributed by atoms with Gasteiger partial charge in [0.2, 0.25) is 0 Å². The molecule has 1 N–H and O–H groups in total. The van der Waals surface area contributed by atoms with Gasteiger partial charge >= 0.3 is 0 Å². The lowest BCUT2D eigenvalue weighted by atomic mass is 10.1. The molecule has 1 aromatic rings. The van der Waals surface area contributed by atoms with Crippen LogP contribution in [-0.2, 0) is 0 Å². The van der Waals surface area contributed by atoms with E-state index < -0.39 is 0 Å². The molecule has 0 amide bonds. The van der Waals surface area contributed by atoms with Crippen LogP contribution in [0.1, 0.15) is 31.4 Å². The molecule has 1 unspecified atom stereocenters. The standard InChI is InChI=1S/C16H26N2O/c1-4-16(19)14-5-7-15(8-6-14)18(3)12-13-9-10-17(2)11-13/h5-8,13,16,19H,4,9-12H2,1-3H3/t13?,16-/m0/s1. The van der Waals surface area contributed by atoms with Crippen LogP contribution in [0.15, 0.2) is 24.3 Å². The fourth-order valence-electron chi connectivity index (χ4n) is 2.85. The first-order valence-electron chi connectivity index (χ1n) is 7.28. The van der Waals surface area contributed by atoms with E-state index >= 15 is 0 Å². The molecular formula is C16H26N2O. The molecular weight excluding hydrogens is 236 g/mol. The largest absolute Gasteiger partial charge is 0.388 e. The molecule has 0 spiro atoms. The Morgan fingerprint density at radius 2 is 2.05 bits per heavy atom. The van der Waals surface area contributed by atoms with Crippen LogP contribution in [0, 0.1) is 5.92 Å². The van der Waals surface area contributed by atoms with Gasteiger partial charge in [0.05, 0.1) is 6.10 Å². The summed E-state index contributed by atoms with van der Waals surface area (Å²) in [6.45, 7) is 5.54. The predicted octanol–water partition coefficient (Wildman–Crippen LogP) is 2.52. The molecule has 1 aliphatic heterocycles. The number of anilines is 1. The van der Waals surface area contributed by atoms with Gasteiger partial charge in [-0.3, -0.25) is 0 Å². The molecule has 3 heteroatoms. The zero-order valence-electron chi connectivity index (χ0n) is 12.3. The molecule has 0 saturated carbocycles. The van der Waals surface area contributed by atoms with E-state index in [0.29, 0.717) is 0 Å². The normalized spacial score (nSPS) is 21.6. The van der Waals surface area contributed by atoms with Gasteiger partial charge in [-0.1, -0.05) is 19.1 Å². The quantitative estimate of drug-likeness (QED) is 0.883. The summed E-state index contributed by atoms with van der Waals surface area (Å²) in [6, 6.07) is 8.32. The van der Waals surface area contributed by atoms with Crippen LogP contribution in [-0.4, -0.2) is 43.7 Å². The van der Waals surface area contributed by atoms with Gasteiger partial charge in [0.1, 0.15) is 0 Å². The van der Waals surface area contributed by atoms with Crippen molar-refractivity contribution in [2.75, 3.05) is 38.6 Å². The summed E-state index contributed by atoms with van der Waals surface area (Å²) in [6.07, 6.45) is 1.74. The second-order valence-corrected chi connectivity index (χ2v) is 5.81. The lowest BCUT2D eigenvalue weighted by Gasteiger charge is -2.23. The van der Waals surface area contributed by atoms with Crippen LogP contribution in [0.25, 0.3) is 0 Å². The highest BCUT2D eigenvalue weighted by Gasteiger charge is 2.20. The van der Waals surface area contributed by atoms with Crippen molar-refractivity contribution in [1.29, 1.82) is 0 Å². The number of nitrogens with zero attached hydrogens (tertiary/aromatic N) is 2. The van der Waals surface area contributed by atoms with Crippen molar-refractivity contribution in [3.63, 3.8) is 0 Å². The maximum atomic E-state index is 9.80. The summed E-state index contributed by atoms with van der Waals surface area (Å²) >= 11 is 0. The van der Waals surface area contributed by atoms with Crippen LogP contribution in [0.4, 0.5) is 5.69 Å². The highest BCUT2D eigenvalue weighted by molar-refractivity contribution is 5.47.